The summed E-state index contributed by atoms with van der Waals surface area (Å²) in [5, 5.41) is 3.09. The van der Waals surface area contributed by atoms with Crippen molar-refractivity contribution in [2.45, 2.75) is 52.9 Å². The maximum atomic E-state index is 12.6. The van der Waals surface area contributed by atoms with Gasteiger partial charge in [0.15, 0.2) is 6.61 Å². The quantitative estimate of drug-likeness (QED) is 0.575. The van der Waals surface area contributed by atoms with E-state index in [0.29, 0.717) is 11.8 Å². The molecule has 3 nitrogen and oxygen atoms in total. The second-order valence-corrected chi connectivity index (χ2v) is 7.98. The number of para-hydroxylation sites is 1. The number of rotatable bonds is 7. The van der Waals surface area contributed by atoms with E-state index in [9.17, 15) is 4.79 Å². The smallest absolute Gasteiger partial charge is 0.262 e. The molecule has 1 N–H and O–H groups in total. The molecule has 4 heteroatoms. The highest BCUT2D eigenvalue weighted by Crippen LogP contribution is 2.32. The summed E-state index contributed by atoms with van der Waals surface area (Å²) in [6.07, 6.45) is 0.851. The summed E-state index contributed by atoms with van der Waals surface area (Å²) in [5.41, 5.74) is 4.32. The van der Waals surface area contributed by atoms with Crippen molar-refractivity contribution in [1.82, 2.24) is 0 Å². The number of hydrogen-bond acceptors (Lipinski definition) is 2. The lowest BCUT2D eigenvalue weighted by Crippen LogP contribution is -2.22. The van der Waals surface area contributed by atoms with Crippen LogP contribution in [-0.2, 0) is 11.2 Å². The summed E-state index contributed by atoms with van der Waals surface area (Å²) < 4.78 is 6.80. The number of amides is 1. The number of aryl methyl sites for hydroxylation is 1. The highest BCUT2D eigenvalue weighted by atomic mass is 79.9. The van der Waals surface area contributed by atoms with Crippen molar-refractivity contribution in [3.63, 3.8) is 0 Å². The molecule has 0 saturated heterocycles. The van der Waals surface area contributed by atoms with E-state index in [1.807, 2.05) is 18.2 Å². The van der Waals surface area contributed by atoms with Gasteiger partial charge in [-0.1, -0.05) is 68.7 Å². The molecule has 0 aliphatic rings. The Bertz CT molecular complexity index is 742. The molecule has 140 valence electrons. The van der Waals surface area contributed by atoms with E-state index in [1.54, 1.807) is 0 Å². The molecule has 26 heavy (non-hydrogen) atoms. The Kier molecular flexibility index (Phi) is 7.27. The molecule has 0 spiro atoms. The number of nitrogens with one attached hydrogen (secondary N) is 1. The Labute approximate surface area is 165 Å². The van der Waals surface area contributed by atoms with Crippen LogP contribution in [-0.4, -0.2) is 12.5 Å². The Morgan fingerprint density at radius 1 is 1.08 bits per heavy atom. The molecule has 0 bridgehead atoms. The first-order valence-electron chi connectivity index (χ1n) is 9.17. The van der Waals surface area contributed by atoms with Gasteiger partial charge in [-0.05, 0) is 53.1 Å². The Morgan fingerprint density at radius 2 is 1.69 bits per heavy atom. The lowest BCUT2D eigenvalue weighted by molar-refractivity contribution is -0.118. The molecule has 2 rings (SSSR count). The van der Waals surface area contributed by atoms with Gasteiger partial charge in [-0.25, -0.2) is 0 Å². The zero-order valence-electron chi connectivity index (χ0n) is 16.2. The molecule has 2 aromatic carbocycles. The molecule has 0 heterocycles. The number of halogens is 1. The molecule has 0 unspecified atom stereocenters. The van der Waals surface area contributed by atoms with Crippen molar-refractivity contribution in [3.05, 3.63) is 57.6 Å². The van der Waals surface area contributed by atoms with Crippen molar-refractivity contribution >= 4 is 27.5 Å². The monoisotopic (exact) mass is 417 g/mol. The standard InChI is InChI=1S/C22H28BrNO2/c1-6-16-12-17(23)10-11-20(16)26-13-21(25)24-22-18(14(2)3)8-7-9-19(22)15(4)5/h7-12,14-15H,6,13H2,1-5H3,(H,24,25). The van der Waals surface area contributed by atoms with Crippen LogP contribution >= 0.6 is 15.9 Å². The number of benzene rings is 2. The molecule has 0 aromatic heterocycles. The second kappa shape index (κ2) is 9.22. The number of carbonyl (C=O) groups is 1. The summed E-state index contributed by atoms with van der Waals surface area (Å²) in [4.78, 5) is 12.6. The molecule has 0 atom stereocenters. The Hall–Kier alpha value is -1.81. The molecule has 1 amide bonds. The van der Waals surface area contributed by atoms with Gasteiger partial charge in [0.1, 0.15) is 5.75 Å². The normalized spacial score (nSPS) is 11.1. The van der Waals surface area contributed by atoms with Crippen LogP contribution in [0.25, 0.3) is 0 Å². The third-order valence-electron chi connectivity index (χ3n) is 4.40. The van der Waals surface area contributed by atoms with Gasteiger partial charge < -0.3 is 10.1 Å². The molecule has 0 saturated carbocycles. The topological polar surface area (TPSA) is 38.3 Å². The molecule has 0 aliphatic carbocycles. The average Bonchev–Trinajstić information content (AvgIpc) is 2.60. The minimum atomic E-state index is -0.134. The molecule has 2 aromatic rings. The molecular formula is C22H28BrNO2. The van der Waals surface area contributed by atoms with Crippen molar-refractivity contribution in [1.29, 1.82) is 0 Å². The van der Waals surface area contributed by atoms with Gasteiger partial charge in [0, 0.05) is 10.2 Å². The first-order valence-corrected chi connectivity index (χ1v) is 9.96. The first kappa shape index (κ1) is 20.5. The third kappa shape index (κ3) is 5.10. The zero-order valence-corrected chi connectivity index (χ0v) is 17.8. The summed E-state index contributed by atoms with van der Waals surface area (Å²) in [7, 11) is 0. The van der Waals surface area contributed by atoms with Gasteiger partial charge in [0.25, 0.3) is 5.91 Å². The second-order valence-electron chi connectivity index (χ2n) is 7.06. The Balaban J connectivity index is 2.16. The van der Waals surface area contributed by atoms with Crippen LogP contribution < -0.4 is 10.1 Å². The van der Waals surface area contributed by atoms with Crippen LogP contribution in [0.3, 0.4) is 0 Å². The minimum Gasteiger partial charge on any atom is -0.483 e. The van der Waals surface area contributed by atoms with Gasteiger partial charge >= 0.3 is 0 Å². The van der Waals surface area contributed by atoms with E-state index in [-0.39, 0.29) is 12.5 Å². The molecular weight excluding hydrogens is 390 g/mol. The zero-order chi connectivity index (χ0) is 19.3. The lowest BCUT2D eigenvalue weighted by Gasteiger charge is -2.20. The average molecular weight is 418 g/mol. The highest BCUT2D eigenvalue weighted by Gasteiger charge is 2.16. The van der Waals surface area contributed by atoms with E-state index in [0.717, 1.165) is 39.0 Å². The number of anilines is 1. The van der Waals surface area contributed by atoms with E-state index >= 15 is 0 Å². The highest BCUT2D eigenvalue weighted by molar-refractivity contribution is 9.10. The molecule has 0 fully saturated rings. The fraction of sp³-hybridized carbons (Fsp3) is 0.409. The molecule has 0 radical (unpaired) electrons. The van der Waals surface area contributed by atoms with Crippen LogP contribution in [0.1, 0.15) is 63.1 Å². The Morgan fingerprint density at radius 3 is 2.23 bits per heavy atom. The van der Waals surface area contributed by atoms with Gasteiger partial charge in [0.2, 0.25) is 0 Å². The van der Waals surface area contributed by atoms with Crippen LogP contribution in [0.5, 0.6) is 5.75 Å². The van der Waals surface area contributed by atoms with E-state index in [4.69, 9.17) is 4.74 Å². The van der Waals surface area contributed by atoms with Crippen molar-refractivity contribution < 1.29 is 9.53 Å². The van der Waals surface area contributed by atoms with Crippen LogP contribution in [0.2, 0.25) is 0 Å². The van der Waals surface area contributed by atoms with Gasteiger partial charge in [0.05, 0.1) is 0 Å². The van der Waals surface area contributed by atoms with Crippen molar-refractivity contribution in [2.75, 3.05) is 11.9 Å². The fourth-order valence-corrected chi connectivity index (χ4v) is 3.39. The SMILES string of the molecule is CCc1cc(Br)ccc1OCC(=O)Nc1c(C(C)C)cccc1C(C)C. The van der Waals surface area contributed by atoms with Gasteiger partial charge in [-0.3, -0.25) is 4.79 Å². The predicted octanol–water partition coefficient (Wildman–Crippen LogP) is 6.28. The predicted molar refractivity (Wildman–Crippen MR) is 112 cm³/mol. The minimum absolute atomic E-state index is 0.00139. The number of hydrogen-bond donors (Lipinski definition) is 1. The largest absolute Gasteiger partial charge is 0.483 e. The van der Waals surface area contributed by atoms with E-state index in [2.05, 4.69) is 74.1 Å². The maximum absolute atomic E-state index is 12.6. The van der Waals surface area contributed by atoms with Crippen molar-refractivity contribution in [2.24, 2.45) is 0 Å². The first-order chi connectivity index (χ1) is 12.3. The van der Waals surface area contributed by atoms with Crippen LogP contribution in [0.4, 0.5) is 5.69 Å². The summed E-state index contributed by atoms with van der Waals surface area (Å²) >= 11 is 3.47. The summed E-state index contributed by atoms with van der Waals surface area (Å²) in [6, 6.07) is 12.1. The summed E-state index contributed by atoms with van der Waals surface area (Å²) in [5.74, 6) is 1.29. The van der Waals surface area contributed by atoms with E-state index in [1.165, 1.54) is 0 Å². The number of ether oxygens (including phenoxy) is 1. The lowest BCUT2D eigenvalue weighted by atomic mass is 9.92. The van der Waals surface area contributed by atoms with Gasteiger partial charge in [-0.15, -0.1) is 0 Å². The van der Waals surface area contributed by atoms with Crippen LogP contribution in [0, 0.1) is 0 Å². The fourth-order valence-electron chi connectivity index (χ4n) is 2.98. The number of carbonyl (C=O) groups excluding carboxylic acids is 1. The van der Waals surface area contributed by atoms with Crippen LogP contribution in [0.15, 0.2) is 40.9 Å². The van der Waals surface area contributed by atoms with Crippen molar-refractivity contribution in [3.8, 4) is 5.75 Å². The third-order valence-corrected chi connectivity index (χ3v) is 4.89. The maximum Gasteiger partial charge on any atom is 0.262 e. The van der Waals surface area contributed by atoms with Gasteiger partial charge in [-0.2, -0.15) is 0 Å². The van der Waals surface area contributed by atoms with E-state index < -0.39 is 0 Å². The summed E-state index contributed by atoms with van der Waals surface area (Å²) in [6.45, 7) is 10.6. The molecule has 0 aliphatic heterocycles.